The highest BCUT2D eigenvalue weighted by Gasteiger charge is 2.35. The van der Waals surface area contributed by atoms with E-state index in [9.17, 15) is 5.11 Å². The Morgan fingerprint density at radius 1 is 1.45 bits per heavy atom. The van der Waals surface area contributed by atoms with Crippen molar-refractivity contribution in [3.05, 3.63) is 5.89 Å². The first kappa shape index (κ1) is 15.2. The molecular weight excluding hydrogens is 260 g/mol. The molecule has 1 saturated heterocycles. The number of aliphatic hydroxyl groups is 1. The van der Waals surface area contributed by atoms with Crippen molar-refractivity contribution in [2.75, 3.05) is 31.1 Å². The van der Waals surface area contributed by atoms with E-state index in [0.29, 0.717) is 31.5 Å². The topological polar surface area (TPSA) is 83.7 Å². The maximum absolute atomic E-state index is 9.31. The Kier molecular flexibility index (Phi) is 4.95. The van der Waals surface area contributed by atoms with Crippen molar-refractivity contribution >= 4 is 6.01 Å². The van der Waals surface area contributed by atoms with Crippen LogP contribution in [-0.2, 0) is 11.3 Å². The molecule has 2 rings (SSSR count). The molecule has 1 fully saturated rings. The van der Waals surface area contributed by atoms with Gasteiger partial charge < -0.3 is 24.5 Å². The molecular formula is C13H24N4O3. The molecule has 1 atom stereocenters. The molecule has 0 radical (unpaired) electrons. The normalized spacial score (nSPS) is 22.2. The van der Waals surface area contributed by atoms with Crippen LogP contribution < -0.4 is 10.2 Å². The molecule has 0 aromatic carbocycles. The third kappa shape index (κ3) is 3.91. The quantitative estimate of drug-likeness (QED) is 0.738. The molecule has 1 aromatic rings. The average Bonchev–Trinajstić information content (AvgIpc) is 2.86. The van der Waals surface area contributed by atoms with Crippen molar-refractivity contribution in [3.8, 4) is 0 Å². The minimum Gasteiger partial charge on any atom is -0.407 e. The maximum atomic E-state index is 9.31. The van der Waals surface area contributed by atoms with Crippen LogP contribution in [0.5, 0.6) is 0 Å². The van der Waals surface area contributed by atoms with Crippen LogP contribution in [0.4, 0.5) is 6.01 Å². The van der Waals surface area contributed by atoms with Gasteiger partial charge in [-0.05, 0) is 26.8 Å². The molecule has 0 amide bonds. The second kappa shape index (κ2) is 6.51. The minimum absolute atomic E-state index is 0.0149. The van der Waals surface area contributed by atoms with Gasteiger partial charge in [-0.2, -0.15) is 0 Å². The maximum Gasteiger partial charge on any atom is 0.318 e. The number of hydrogen-bond acceptors (Lipinski definition) is 7. The third-order valence-corrected chi connectivity index (χ3v) is 3.11. The number of rotatable bonds is 6. The standard InChI is InChI=1S/C13H24N4O3/c1-4-5-14-6-11-15-16-12(19-11)17-7-10(8-18)20-13(2,3)9-17/h10,14,18H,4-9H2,1-3H3. The molecule has 0 spiro atoms. The smallest absolute Gasteiger partial charge is 0.318 e. The number of hydrogen-bond donors (Lipinski definition) is 2. The van der Waals surface area contributed by atoms with Gasteiger partial charge in [-0.3, -0.25) is 0 Å². The molecule has 1 aromatic heterocycles. The third-order valence-electron chi connectivity index (χ3n) is 3.11. The number of anilines is 1. The van der Waals surface area contributed by atoms with Gasteiger partial charge in [-0.1, -0.05) is 12.0 Å². The second-order valence-electron chi connectivity index (χ2n) is 5.72. The summed E-state index contributed by atoms with van der Waals surface area (Å²) in [7, 11) is 0. The molecule has 20 heavy (non-hydrogen) atoms. The van der Waals surface area contributed by atoms with Crippen LogP contribution in [0.25, 0.3) is 0 Å². The van der Waals surface area contributed by atoms with Gasteiger partial charge in [0.1, 0.15) is 0 Å². The van der Waals surface area contributed by atoms with Crippen molar-refractivity contribution in [3.63, 3.8) is 0 Å². The van der Waals surface area contributed by atoms with Crippen molar-refractivity contribution < 1.29 is 14.3 Å². The van der Waals surface area contributed by atoms with Gasteiger partial charge in [0.05, 0.1) is 37.9 Å². The molecule has 1 aliphatic rings. The summed E-state index contributed by atoms with van der Waals surface area (Å²) in [6.45, 7) is 8.80. The highest BCUT2D eigenvalue weighted by atomic mass is 16.5. The molecule has 0 aliphatic carbocycles. The molecule has 7 heteroatoms. The Balaban J connectivity index is 1.99. The van der Waals surface area contributed by atoms with Crippen LogP contribution in [0, 0.1) is 0 Å². The van der Waals surface area contributed by atoms with Crippen LogP contribution in [0.3, 0.4) is 0 Å². The van der Waals surface area contributed by atoms with E-state index in [2.05, 4.69) is 22.4 Å². The Morgan fingerprint density at radius 2 is 2.25 bits per heavy atom. The second-order valence-corrected chi connectivity index (χ2v) is 5.72. The van der Waals surface area contributed by atoms with Crippen LogP contribution >= 0.6 is 0 Å². The number of nitrogens with one attached hydrogen (secondary N) is 1. The molecule has 1 unspecified atom stereocenters. The fourth-order valence-electron chi connectivity index (χ4n) is 2.35. The highest BCUT2D eigenvalue weighted by Crippen LogP contribution is 2.25. The van der Waals surface area contributed by atoms with Crippen molar-refractivity contribution in [2.45, 2.75) is 45.4 Å². The van der Waals surface area contributed by atoms with Gasteiger partial charge in [0.15, 0.2) is 0 Å². The Morgan fingerprint density at radius 3 is 2.95 bits per heavy atom. The number of morpholine rings is 1. The molecule has 0 saturated carbocycles. The summed E-state index contributed by atoms with van der Waals surface area (Å²) >= 11 is 0. The summed E-state index contributed by atoms with van der Waals surface area (Å²) < 4.78 is 11.4. The zero-order valence-corrected chi connectivity index (χ0v) is 12.4. The molecule has 1 aliphatic heterocycles. The van der Waals surface area contributed by atoms with Gasteiger partial charge in [0.2, 0.25) is 5.89 Å². The van der Waals surface area contributed by atoms with Crippen LogP contribution in [0.15, 0.2) is 4.42 Å². The van der Waals surface area contributed by atoms with E-state index in [1.165, 1.54) is 0 Å². The largest absolute Gasteiger partial charge is 0.407 e. The number of aromatic nitrogens is 2. The molecule has 7 nitrogen and oxygen atoms in total. The minimum atomic E-state index is -0.346. The fourth-order valence-corrected chi connectivity index (χ4v) is 2.35. The summed E-state index contributed by atoms with van der Waals surface area (Å²) in [6.07, 6.45) is 0.837. The first-order valence-electron chi connectivity index (χ1n) is 7.11. The van der Waals surface area contributed by atoms with Gasteiger partial charge in [0, 0.05) is 0 Å². The molecule has 2 N–H and O–H groups in total. The summed E-state index contributed by atoms with van der Waals surface area (Å²) in [4.78, 5) is 1.97. The van der Waals surface area contributed by atoms with Gasteiger partial charge in [-0.25, -0.2) is 0 Å². The van der Waals surface area contributed by atoms with E-state index in [4.69, 9.17) is 9.15 Å². The molecule has 0 bridgehead atoms. The van der Waals surface area contributed by atoms with E-state index in [1.54, 1.807) is 0 Å². The van der Waals surface area contributed by atoms with Crippen LogP contribution in [0.1, 0.15) is 33.1 Å². The number of nitrogens with zero attached hydrogens (tertiary/aromatic N) is 3. The molecule has 114 valence electrons. The van der Waals surface area contributed by atoms with Crippen molar-refractivity contribution in [1.29, 1.82) is 0 Å². The van der Waals surface area contributed by atoms with Crippen molar-refractivity contribution in [2.24, 2.45) is 0 Å². The lowest BCUT2D eigenvalue weighted by molar-refractivity contribution is -0.102. The van der Waals surface area contributed by atoms with Crippen LogP contribution in [-0.4, -0.2) is 53.3 Å². The predicted octanol–water partition coefficient (Wildman–Crippen LogP) is 0.545. The Labute approximate surface area is 119 Å². The van der Waals surface area contributed by atoms with E-state index in [1.807, 2.05) is 18.7 Å². The monoisotopic (exact) mass is 284 g/mol. The van der Waals surface area contributed by atoms with E-state index >= 15 is 0 Å². The number of ether oxygens (including phenoxy) is 1. The lowest BCUT2D eigenvalue weighted by Gasteiger charge is -2.41. The van der Waals surface area contributed by atoms with E-state index < -0.39 is 0 Å². The summed E-state index contributed by atoms with van der Waals surface area (Å²) in [5.41, 5.74) is -0.346. The Bertz CT molecular complexity index is 422. The van der Waals surface area contributed by atoms with Crippen molar-refractivity contribution in [1.82, 2.24) is 15.5 Å². The zero-order chi connectivity index (χ0) is 14.6. The van der Waals surface area contributed by atoms with Gasteiger partial charge in [0.25, 0.3) is 0 Å². The predicted molar refractivity (Wildman–Crippen MR) is 74.5 cm³/mol. The summed E-state index contributed by atoms with van der Waals surface area (Å²) in [6, 6.07) is 0.494. The van der Waals surface area contributed by atoms with Gasteiger partial charge >= 0.3 is 6.01 Å². The van der Waals surface area contributed by atoms with E-state index in [-0.39, 0.29) is 18.3 Å². The van der Waals surface area contributed by atoms with Crippen LogP contribution in [0.2, 0.25) is 0 Å². The summed E-state index contributed by atoms with van der Waals surface area (Å²) in [5, 5.41) is 20.7. The summed E-state index contributed by atoms with van der Waals surface area (Å²) in [5.74, 6) is 0.582. The van der Waals surface area contributed by atoms with Gasteiger partial charge in [-0.15, -0.1) is 5.10 Å². The lowest BCUT2D eigenvalue weighted by atomic mass is 10.1. The first-order chi connectivity index (χ1) is 9.54. The number of aliphatic hydroxyl groups excluding tert-OH is 1. The zero-order valence-electron chi connectivity index (χ0n) is 12.4. The first-order valence-corrected chi connectivity index (χ1v) is 7.11. The lowest BCUT2D eigenvalue weighted by Crippen LogP contribution is -2.54. The molecule has 2 heterocycles. The fraction of sp³-hybridized carbons (Fsp3) is 0.846. The van der Waals surface area contributed by atoms with E-state index in [0.717, 1.165) is 13.0 Å². The average molecular weight is 284 g/mol. The SMILES string of the molecule is CCCNCc1nnc(N2CC(CO)OC(C)(C)C2)o1. The Hall–Kier alpha value is -1.18. The highest BCUT2D eigenvalue weighted by molar-refractivity contribution is 5.27.